The van der Waals surface area contributed by atoms with E-state index in [0.29, 0.717) is 0 Å². The van der Waals surface area contributed by atoms with Crippen molar-refractivity contribution in [3.8, 4) is 0 Å². The molecule has 0 bridgehead atoms. The highest BCUT2D eigenvalue weighted by Gasteiger charge is 2.21. The molecule has 0 atom stereocenters. The third-order valence-electron chi connectivity index (χ3n) is 2.73. The van der Waals surface area contributed by atoms with E-state index in [1.54, 1.807) is 0 Å². The Morgan fingerprint density at radius 3 is 2.53 bits per heavy atom. The Hall–Kier alpha value is -0.470. The molecule has 1 aromatic rings. The van der Waals surface area contributed by atoms with Gasteiger partial charge in [-0.1, -0.05) is 38.1 Å². The standard InChI is InChI=1S/C13H21NS/c1-11-6-4-5-7-12(11)13(2,3)10-14-8-9-15/h4-7,14-15H,8-10H2,1-3H3. The van der Waals surface area contributed by atoms with Gasteiger partial charge in [-0.25, -0.2) is 0 Å². The Kier molecular flexibility index (Phi) is 4.68. The minimum Gasteiger partial charge on any atom is -0.315 e. The molecular formula is C13H21NS. The second-order valence-corrected chi connectivity index (χ2v) is 5.05. The van der Waals surface area contributed by atoms with E-state index >= 15 is 0 Å². The molecule has 1 rings (SSSR count). The SMILES string of the molecule is Cc1ccccc1C(C)(C)CNCCS. The molecule has 0 aliphatic carbocycles. The molecular weight excluding hydrogens is 202 g/mol. The van der Waals surface area contributed by atoms with Crippen LogP contribution in [0.3, 0.4) is 0 Å². The molecule has 2 heteroatoms. The van der Waals surface area contributed by atoms with Crippen LogP contribution in [-0.4, -0.2) is 18.8 Å². The van der Waals surface area contributed by atoms with Gasteiger partial charge in [0.25, 0.3) is 0 Å². The Morgan fingerprint density at radius 2 is 1.93 bits per heavy atom. The first-order chi connectivity index (χ1) is 7.08. The monoisotopic (exact) mass is 223 g/mol. The molecule has 0 radical (unpaired) electrons. The van der Waals surface area contributed by atoms with Crippen molar-refractivity contribution < 1.29 is 0 Å². The number of hydrogen-bond acceptors (Lipinski definition) is 2. The third-order valence-corrected chi connectivity index (χ3v) is 2.95. The Morgan fingerprint density at radius 1 is 1.27 bits per heavy atom. The predicted molar refractivity (Wildman–Crippen MR) is 70.9 cm³/mol. The maximum absolute atomic E-state index is 4.20. The zero-order chi connectivity index (χ0) is 11.3. The van der Waals surface area contributed by atoms with Crippen molar-refractivity contribution in [2.45, 2.75) is 26.2 Å². The lowest BCUT2D eigenvalue weighted by Gasteiger charge is -2.27. The molecule has 0 amide bonds. The smallest absolute Gasteiger partial charge is 0.00436 e. The van der Waals surface area contributed by atoms with Gasteiger partial charge in [0.1, 0.15) is 0 Å². The molecule has 0 saturated heterocycles. The van der Waals surface area contributed by atoms with Crippen molar-refractivity contribution >= 4 is 12.6 Å². The van der Waals surface area contributed by atoms with E-state index in [1.807, 2.05) is 0 Å². The molecule has 1 nitrogen and oxygen atoms in total. The number of aryl methyl sites for hydroxylation is 1. The number of rotatable bonds is 5. The first-order valence-electron chi connectivity index (χ1n) is 5.45. The molecule has 0 heterocycles. The Balaban J connectivity index is 2.72. The van der Waals surface area contributed by atoms with E-state index in [9.17, 15) is 0 Å². The number of benzene rings is 1. The summed E-state index contributed by atoms with van der Waals surface area (Å²) >= 11 is 4.20. The lowest BCUT2D eigenvalue weighted by molar-refractivity contribution is 0.476. The summed E-state index contributed by atoms with van der Waals surface area (Å²) in [6.07, 6.45) is 0. The van der Waals surface area contributed by atoms with Crippen LogP contribution in [0.15, 0.2) is 24.3 Å². The number of nitrogens with one attached hydrogen (secondary N) is 1. The van der Waals surface area contributed by atoms with Gasteiger partial charge < -0.3 is 5.32 Å². The molecule has 0 fully saturated rings. The summed E-state index contributed by atoms with van der Waals surface area (Å²) in [5, 5.41) is 3.42. The van der Waals surface area contributed by atoms with Crippen LogP contribution in [-0.2, 0) is 5.41 Å². The van der Waals surface area contributed by atoms with Gasteiger partial charge in [0.05, 0.1) is 0 Å². The van der Waals surface area contributed by atoms with Crippen LogP contribution in [0, 0.1) is 6.92 Å². The van der Waals surface area contributed by atoms with Crippen molar-refractivity contribution in [3.05, 3.63) is 35.4 Å². The lowest BCUT2D eigenvalue weighted by atomic mass is 9.82. The van der Waals surface area contributed by atoms with E-state index in [1.165, 1.54) is 11.1 Å². The molecule has 0 saturated carbocycles. The van der Waals surface area contributed by atoms with Crippen molar-refractivity contribution in [1.29, 1.82) is 0 Å². The van der Waals surface area contributed by atoms with E-state index in [-0.39, 0.29) is 5.41 Å². The summed E-state index contributed by atoms with van der Waals surface area (Å²) in [6, 6.07) is 8.60. The summed E-state index contributed by atoms with van der Waals surface area (Å²) < 4.78 is 0. The first kappa shape index (κ1) is 12.6. The van der Waals surface area contributed by atoms with E-state index in [4.69, 9.17) is 0 Å². The van der Waals surface area contributed by atoms with Gasteiger partial charge in [-0.05, 0) is 18.1 Å². The molecule has 84 valence electrons. The minimum absolute atomic E-state index is 0.189. The normalized spacial score (nSPS) is 11.7. The van der Waals surface area contributed by atoms with Crippen LogP contribution in [0.1, 0.15) is 25.0 Å². The van der Waals surface area contributed by atoms with E-state index in [2.05, 4.69) is 63.0 Å². The highest BCUT2D eigenvalue weighted by atomic mass is 32.1. The van der Waals surface area contributed by atoms with Gasteiger partial charge in [0.15, 0.2) is 0 Å². The van der Waals surface area contributed by atoms with Crippen LogP contribution in [0.25, 0.3) is 0 Å². The molecule has 1 aromatic carbocycles. The Bertz CT molecular complexity index is 307. The second-order valence-electron chi connectivity index (χ2n) is 4.60. The van der Waals surface area contributed by atoms with Crippen molar-refractivity contribution in [2.24, 2.45) is 0 Å². The van der Waals surface area contributed by atoms with Crippen molar-refractivity contribution in [2.75, 3.05) is 18.8 Å². The Labute approximate surface area is 98.7 Å². The van der Waals surface area contributed by atoms with Crippen LogP contribution in [0.4, 0.5) is 0 Å². The topological polar surface area (TPSA) is 12.0 Å². The van der Waals surface area contributed by atoms with Gasteiger partial charge in [0.2, 0.25) is 0 Å². The minimum atomic E-state index is 0.189. The zero-order valence-corrected chi connectivity index (χ0v) is 10.8. The molecule has 15 heavy (non-hydrogen) atoms. The van der Waals surface area contributed by atoms with Crippen molar-refractivity contribution in [1.82, 2.24) is 5.32 Å². The average Bonchev–Trinajstić information content (AvgIpc) is 2.18. The fourth-order valence-electron chi connectivity index (χ4n) is 1.91. The highest BCUT2D eigenvalue weighted by Crippen LogP contribution is 2.25. The fourth-order valence-corrected chi connectivity index (χ4v) is 2.07. The van der Waals surface area contributed by atoms with Crippen molar-refractivity contribution in [3.63, 3.8) is 0 Å². The molecule has 0 aromatic heterocycles. The second kappa shape index (κ2) is 5.57. The molecule has 1 N–H and O–H groups in total. The summed E-state index contributed by atoms with van der Waals surface area (Å²) in [4.78, 5) is 0. The third kappa shape index (κ3) is 3.54. The largest absolute Gasteiger partial charge is 0.315 e. The summed E-state index contributed by atoms with van der Waals surface area (Å²) in [7, 11) is 0. The average molecular weight is 223 g/mol. The zero-order valence-electron chi connectivity index (χ0n) is 9.88. The van der Waals surface area contributed by atoms with Crippen LogP contribution < -0.4 is 5.32 Å². The maximum Gasteiger partial charge on any atom is 0.00436 e. The predicted octanol–water partition coefficient (Wildman–Crippen LogP) is 2.79. The van der Waals surface area contributed by atoms with Gasteiger partial charge in [-0.15, -0.1) is 0 Å². The van der Waals surface area contributed by atoms with Crippen LogP contribution in [0.5, 0.6) is 0 Å². The van der Waals surface area contributed by atoms with Gasteiger partial charge >= 0.3 is 0 Å². The quantitative estimate of drug-likeness (QED) is 0.578. The van der Waals surface area contributed by atoms with Crippen LogP contribution in [0.2, 0.25) is 0 Å². The summed E-state index contributed by atoms with van der Waals surface area (Å²) in [5.41, 5.74) is 2.99. The summed E-state index contributed by atoms with van der Waals surface area (Å²) in [5.74, 6) is 0.893. The van der Waals surface area contributed by atoms with E-state index in [0.717, 1.165) is 18.8 Å². The first-order valence-corrected chi connectivity index (χ1v) is 6.09. The number of hydrogen-bond donors (Lipinski definition) is 2. The lowest BCUT2D eigenvalue weighted by Crippen LogP contribution is -2.34. The van der Waals surface area contributed by atoms with Gasteiger partial charge in [-0.2, -0.15) is 12.6 Å². The van der Waals surface area contributed by atoms with Crippen LogP contribution >= 0.6 is 12.6 Å². The molecule has 0 unspecified atom stereocenters. The number of thiol groups is 1. The van der Waals surface area contributed by atoms with Gasteiger partial charge in [-0.3, -0.25) is 0 Å². The highest BCUT2D eigenvalue weighted by molar-refractivity contribution is 7.80. The van der Waals surface area contributed by atoms with E-state index < -0.39 is 0 Å². The molecule has 0 aliphatic heterocycles. The fraction of sp³-hybridized carbons (Fsp3) is 0.538. The molecule has 0 aliphatic rings. The summed E-state index contributed by atoms with van der Waals surface area (Å²) in [6.45, 7) is 8.70. The maximum atomic E-state index is 4.20. The van der Waals surface area contributed by atoms with Gasteiger partial charge in [0, 0.05) is 24.3 Å². The molecule has 0 spiro atoms.